The highest BCUT2D eigenvalue weighted by atomic mass is 19.1. The van der Waals surface area contributed by atoms with E-state index in [1.165, 1.54) is 6.07 Å². The number of aromatic hydroxyl groups is 1. The van der Waals surface area contributed by atoms with Crippen LogP contribution in [0.15, 0.2) is 24.3 Å². The van der Waals surface area contributed by atoms with Crippen molar-refractivity contribution in [3.63, 3.8) is 0 Å². The average molecular weight is 277 g/mol. The van der Waals surface area contributed by atoms with E-state index < -0.39 is 17.5 Å². The number of rotatable bonds is 2. The Morgan fingerprint density at radius 1 is 1.35 bits per heavy atom. The van der Waals surface area contributed by atoms with Gasteiger partial charge in [0.2, 0.25) is 0 Å². The van der Waals surface area contributed by atoms with Gasteiger partial charge in [-0.2, -0.15) is 5.10 Å². The molecule has 2 aromatic rings. The second kappa shape index (κ2) is 4.96. The summed E-state index contributed by atoms with van der Waals surface area (Å²) in [4.78, 5) is 12.0. The predicted octanol–water partition coefficient (Wildman–Crippen LogP) is 2.80. The molecule has 106 valence electrons. The number of amides is 1. The molecule has 0 bridgehead atoms. The molecule has 0 spiro atoms. The lowest BCUT2D eigenvalue weighted by atomic mass is 9.92. The zero-order chi connectivity index (χ0) is 14.9. The van der Waals surface area contributed by atoms with E-state index in [0.29, 0.717) is 5.82 Å². The van der Waals surface area contributed by atoms with Crippen LogP contribution in [0.2, 0.25) is 0 Å². The van der Waals surface area contributed by atoms with Crippen LogP contribution in [0, 0.1) is 5.82 Å². The van der Waals surface area contributed by atoms with Crippen LogP contribution in [0.5, 0.6) is 5.75 Å². The summed E-state index contributed by atoms with van der Waals surface area (Å²) >= 11 is 0. The van der Waals surface area contributed by atoms with E-state index in [1.807, 2.05) is 20.8 Å². The molecule has 0 saturated carbocycles. The monoisotopic (exact) mass is 277 g/mol. The molecule has 0 fully saturated rings. The Morgan fingerprint density at radius 2 is 2.05 bits per heavy atom. The Morgan fingerprint density at radius 3 is 2.60 bits per heavy atom. The number of carbonyl (C=O) groups excluding carboxylic acids is 1. The Hall–Kier alpha value is -2.37. The highest BCUT2D eigenvalue weighted by Crippen LogP contribution is 2.23. The summed E-state index contributed by atoms with van der Waals surface area (Å²) in [7, 11) is 0. The summed E-state index contributed by atoms with van der Waals surface area (Å²) in [5, 5.41) is 18.9. The smallest absolute Gasteiger partial charge is 0.260 e. The molecule has 0 atom stereocenters. The number of H-pyrrole nitrogens is 1. The van der Waals surface area contributed by atoms with Gasteiger partial charge in [0.1, 0.15) is 11.6 Å². The fourth-order valence-corrected chi connectivity index (χ4v) is 1.65. The maximum Gasteiger partial charge on any atom is 0.260 e. The molecular weight excluding hydrogens is 261 g/mol. The van der Waals surface area contributed by atoms with Crippen molar-refractivity contribution in [2.24, 2.45) is 0 Å². The van der Waals surface area contributed by atoms with E-state index in [-0.39, 0.29) is 11.0 Å². The lowest BCUT2D eigenvalue weighted by molar-refractivity contribution is 0.102. The first kappa shape index (κ1) is 14.0. The molecule has 0 aliphatic rings. The zero-order valence-corrected chi connectivity index (χ0v) is 11.5. The van der Waals surface area contributed by atoms with Gasteiger partial charge in [-0.25, -0.2) is 4.39 Å². The number of nitrogens with one attached hydrogen (secondary N) is 2. The highest BCUT2D eigenvalue weighted by Gasteiger charge is 2.18. The molecule has 0 radical (unpaired) electrons. The van der Waals surface area contributed by atoms with Crippen molar-refractivity contribution in [3.8, 4) is 5.75 Å². The molecule has 0 aliphatic carbocycles. The minimum absolute atomic E-state index is 0.00768. The molecule has 0 saturated heterocycles. The van der Waals surface area contributed by atoms with Crippen LogP contribution in [0.4, 0.5) is 10.2 Å². The van der Waals surface area contributed by atoms with Crippen molar-refractivity contribution >= 4 is 11.7 Å². The molecule has 0 unspecified atom stereocenters. The third-order valence-electron chi connectivity index (χ3n) is 2.83. The van der Waals surface area contributed by atoms with E-state index in [0.717, 1.165) is 17.8 Å². The van der Waals surface area contributed by atoms with Crippen molar-refractivity contribution in [1.82, 2.24) is 10.2 Å². The second-order valence-electron chi connectivity index (χ2n) is 5.53. The van der Waals surface area contributed by atoms with E-state index in [4.69, 9.17) is 0 Å². The molecule has 0 aliphatic heterocycles. The van der Waals surface area contributed by atoms with Gasteiger partial charge in [-0.1, -0.05) is 20.8 Å². The first-order valence-corrected chi connectivity index (χ1v) is 6.13. The summed E-state index contributed by atoms with van der Waals surface area (Å²) in [6.07, 6.45) is 0. The lowest BCUT2D eigenvalue weighted by Crippen LogP contribution is -2.13. The molecule has 5 nitrogen and oxygen atoms in total. The van der Waals surface area contributed by atoms with Crippen molar-refractivity contribution in [2.75, 3.05) is 5.32 Å². The zero-order valence-electron chi connectivity index (χ0n) is 11.5. The third-order valence-corrected chi connectivity index (χ3v) is 2.83. The largest absolute Gasteiger partial charge is 0.507 e. The van der Waals surface area contributed by atoms with Crippen molar-refractivity contribution in [1.29, 1.82) is 0 Å². The summed E-state index contributed by atoms with van der Waals surface area (Å²) < 4.78 is 12.9. The first-order valence-electron chi connectivity index (χ1n) is 6.13. The molecule has 1 aromatic heterocycles. The Labute approximate surface area is 115 Å². The molecule has 20 heavy (non-hydrogen) atoms. The Kier molecular flexibility index (Phi) is 3.48. The summed E-state index contributed by atoms with van der Waals surface area (Å²) in [5.41, 5.74) is 0.747. The summed E-state index contributed by atoms with van der Waals surface area (Å²) in [6, 6.07) is 4.94. The van der Waals surface area contributed by atoms with Gasteiger partial charge in [0.05, 0.1) is 5.56 Å². The number of anilines is 1. The van der Waals surface area contributed by atoms with Crippen LogP contribution >= 0.6 is 0 Å². The summed E-state index contributed by atoms with van der Waals surface area (Å²) in [5.74, 6) is -1.21. The van der Waals surface area contributed by atoms with Crippen LogP contribution in [0.25, 0.3) is 0 Å². The number of aromatic amines is 1. The first-order chi connectivity index (χ1) is 9.27. The van der Waals surface area contributed by atoms with Gasteiger partial charge >= 0.3 is 0 Å². The summed E-state index contributed by atoms with van der Waals surface area (Å²) in [6.45, 7) is 6.04. The molecule has 2 rings (SSSR count). The topological polar surface area (TPSA) is 78.0 Å². The van der Waals surface area contributed by atoms with Crippen molar-refractivity contribution in [2.45, 2.75) is 26.2 Å². The minimum Gasteiger partial charge on any atom is -0.507 e. The van der Waals surface area contributed by atoms with Crippen LogP contribution in [0.3, 0.4) is 0 Å². The van der Waals surface area contributed by atoms with E-state index in [1.54, 1.807) is 6.07 Å². The number of phenolic OH excluding ortho intramolecular Hbond substituents is 1. The molecule has 1 aromatic carbocycles. The number of hydrogen-bond acceptors (Lipinski definition) is 3. The number of phenols is 1. The lowest BCUT2D eigenvalue weighted by Gasteiger charge is -2.14. The molecule has 6 heteroatoms. The normalized spacial score (nSPS) is 11.4. The van der Waals surface area contributed by atoms with E-state index >= 15 is 0 Å². The highest BCUT2D eigenvalue weighted by molar-refractivity contribution is 6.05. The van der Waals surface area contributed by atoms with Gasteiger partial charge in [-0.3, -0.25) is 9.89 Å². The quantitative estimate of drug-likeness (QED) is 0.789. The van der Waals surface area contributed by atoms with Gasteiger partial charge < -0.3 is 10.4 Å². The molecule has 1 heterocycles. The molecule has 3 N–H and O–H groups in total. The van der Waals surface area contributed by atoms with Crippen molar-refractivity contribution in [3.05, 3.63) is 41.3 Å². The van der Waals surface area contributed by atoms with E-state index in [2.05, 4.69) is 15.5 Å². The van der Waals surface area contributed by atoms with Gasteiger partial charge in [-0.15, -0.1) is 0 Å². The number of halogens is 1. The standard InChI is InChI=1S/C14H16FN3O2/c1-14(2,3)11-7-12(18-17-11)16-13(20)9-5-4-8(15)6-10(9)19/h4-7,19H,1-3H3,(H2,16,17,18,20). The van der Waals surface area contributed by atoms with Gasteiger partial charge in [0.25, 0.3) is 5.91 Å². The maximum absolute atomic E-state index is 12.9. The number of nitrogens with zero attached hydrogens (tertiary/aromatic N) is 1. The number of hydrogen-bond donors (Lipinski definition) is 3. The SMILES string of the molecule is CC(C)(C)c1cc(NC(=O)c2ccc(F)cc2O)n[nH]1. The van der Waals surface area contributed by atoms with Gasteiger partial charge in [0, 0.05) is 23.2 Å². The molecular formula is C14H16FN3O2. The Bertz CT molecular complexity index is 644. The van der Waals surface area contributed by atoms with Gasteiger partial charge in [-0.05, 0) is 12.1 Å². The number of carbonyl (C=O) groups is 1. The minimum atomic E-state index is -0.603. The van der Waals surface area contributed by atoms with Gasteiger partial charge in [0.15, 0.2) is 5.82 Å². The molecule has 1 amide bonds. The third kappa shape index (κ3) is 2.96. The van der Waals surface area contributed by atoms with Crippen LogP contribution in [0.1, 0.15) is 36.8 Å². The number of benzene rings is 1. The number of aromatic nitrogens is 2. The fraction of sp³-hybridized carbons (Fsp3) is 0.286. The second-order valence-corrected chi connectivity index (χ2v) is 5.53. The maximum atomic E-state index is 12.9. The van der Waals surface area contributed by atoms with Crippen molar-refractivity contribution < 1.29 is 14.3 Å². The van der Waals surface area contributed by atoms with Crippen LogP contribution in [-0.2, 0) is 5.41 Å². The fourth-order valence-electron chi connectivity index (χ4n) is 1.65. The van der Waals surface area contributed by atoms with Crippen LogP contribution < -0.4 is 5.32 Å². The van der Waals surface area contributed by atoms with E-state index in [9.17, 15) is 14.3 Å². The average Bonchev–Trinajstić information content (AvgIpc) is 2.76. The predicted molar refractivity (Wildman–Crippen MR) is 73.3 cm³/mol. The van der Waals surface area contributed by atoms with Crippen LogP contribution in [-0.4, -0.2) is 21.2 Å². The Balaban J connectivity index is 2.17.